The van der Waals surface area contributed by atoms with Crippen molar-refractivity contribution in [2.45, 2.75) is 78.1 Å². The number of hydrogen-bond acceptors (Lipinski definition) is 4. The Balaban J connectivity index is 3.19. The summed E-state index contributed by atoms with van der Waals surface area (Å²) in [7, 11) is 0. The van der Waals surface area contributed by atoms with Crippen LogP contribution in [0.25, 0.3) is 0 Å². The zero-order valence-corrected chi connectivity index (χ0v) is 15.4. The van der Waals surface area contributed by atoms with Gasteiger partial charge in [-0.15, -0.1) is 0 Å². The van der Waals surface area contributed by atoms with Crippen LogP contribution in [0.4, 0.5) is 0 Å². The van der Waals surface area contributed by atoms with E-state index in [1.807, 2.05) is 0 Å². The highest BCUT2D eigenvalue weighted by Crippen LogP contribution is 2.07. The number of esters is 2. The summed E-state index contributed by atoms with van der Waals surface area (Å²) in [4.78, 5) is 21.1. The van der Waals surface area contributed by atoms with E-state index in [0.717, 1.165) is 38.5 Å². The van der Waals surface area contributed by atoms with Gasteiger partial charge in [0.2, 0.25) is 0 Å². The molecular weight excluding hydrogens is 304 g/mol. The second-order valence-corrected chi connectivity index (χ2v) is 5.90. The normalized spacial score (nSPS) is 11.2. The topological polar surface area (TPSA) is 52.6 Å². The first kappa shape index (κ1) is 22.4. The van der Waals surface area contributed by atoms with Crippen LogP contribution in [0, 0.1) is 0 Å². The highest BCUT2D eigenvalue weighted by atomic mass is 16.5. The first-order valence-corrected chi connectivity index (χ1v) is 9.19. The van der Waals surface area contributed by atoms with Crippen LogP contribution in [0.15, 0.2) is 24.3 Å². The van der Waals surface area contributed by atoms with E-state index in [2.05, 4.69) is 24.3 Å². The quantitative estimate of drug-likeness (QED) is 0.236. The van der Waals surface area contributed by atoms with Gasteiger partial charge < -0.3 is 9.47 Å². The maximum Gasteiger partial charge on any atom is 0.302 e. The summed E-state index contributed by atoms with van der Waals surface area (Å²) in [5, 5.41) is 0. The summed E-state index contributed by atoms with van der Waals surface area (Å²) in [6.07, 6.45) is 19.9. The standard InChI is InChI=1S/C20H34O4/c1-19(21)23-17-15-13-11-9-7-5-3-4-6-8-10-12-14-16-18-24-20(2)22/h9-12H,3-8,13-18H2,1-2H3. The third-order valence-electron chi connectivity index (χ3n) is 3.47. The van der Waals surface area contributed by atoms with Crippen molar-refractivity contribution in [1.29, 1.82) is 0 Å². The summed E-state index contributed by atoms with van der Waals surface area (Å²) >= 11 is 0. The van der Waals surface area contributed by atoms with Gasteiger partial charge in [0, 0.05) is 13.8 Å². The van der Waals surface area contributed by atoms with Gasteiger partial charge in [-0.1, -0.05) is 37.1 Å². The van der Waals surface area contributed by atoms with E-state index in [4.69, 9.17) is 9.47 Å². The number of rotatable bonds is 15. The molecule has 0 saturated heterocycles. The molecule has 4 nitrogen and oxygen atoms in total. The smallest absolute Gasteiger partial charge is 0.302 e. The van der Waals surface area contributed by atoms with Crippen molar-refractivity contribution in [2.75, 3.05) is 13.2 Å². The van der Waals surface area contributed by atoms with Crippen LogP contribution in [-0.4, -0.2) is 25.2 Å². The number of unbranched alkanes of at least 4 members (excludes halogenated alkanes) is 7. The molecule has 0 N–H and O–H groups in total. The number of hydrogen-bond donors (Lipinski definition) is 0. The molecule has 0 spiro atoms. The zero-order chi connectivity index (χ0) is 17.9. The molecule has 0 saturated carbocycles. The second kappa shape index (κ2) is 17.8. The van der Waals surface area contributed by atoms with Gasteiger partial charge in [-0.3, -0.25) is 9.59 Å². The fraction of sp³-hybridized carbons (Fsp3) is 0.700. The largest absolute Gasteiger partial charge is 0.466 e. The summed E-state index contributed by atoms with van der Waals surface area (Å²) in [6, 6.07) is 0. The van der Waals surface area contributed by atoms with Gasteiger partial charge >= 0.3 is 11.9 Å². The van der Waals surface area contributed by atoms with Gasteiger partial charge in [0.15, 0.2) is 0 Å². The molecule has 138 valence electrons. The first-order chi connectivity index (χ1) is 11.6. The Morgan fingerprint density at radius 2 is 0.917 bits per heavy atom. The predicted molar refractivity (Wildman–Crippen MR) is 97.7 cm³/mol. The first-order valence-electron chi connectivity index (χ1n) is 9.19. The maximum atomic E-state index is 10.6. The van der Waals surface area contributed by atoms with E-state index in [-0.39, 0.29) is 11.9 Å². The van der Waals surface area contributed by atoms with Gasteiger partial charge in [0.1, 0.15) is 0 Å². The monoisotopic (exact) mass is 338 g/mol. The highest BCUT2D eigenvalue weighted by molar-refractivity contribution is 5.66. The summed E-state index contributed by atoms with van der Waals surface area (Å²) < 4.78 is 9.74. The minimum absolute atomic E-state index is 0.198. The third-order valence-corrected chi connectivity index (χ3v) is 3.47. The van der Waals surface area contributed by atoms with E-state index < -0.39 is 0 Å². The zero-order valence-electron chi connectivity index (χ0n) is 15.4. The van der Waals surface area contributed by atoms with Gasteiger partial charge in [-0.05, 0) is 51.4 Å². The fourth-order valence-corrected chi connectivity index (χ4v) is 2.18. The molecule has 0 fully saturated rings. The van der Waals surface area contributed by atoms with Crippen molar-refractivity contribution in [3.63, 3.8) is 0 Å². The molecule has 24 heavy (non-hydrogen) atoms. The van der Waals surface area contributed by atoms with Gasteiger partial charge in [0.05, 0.1) is 13.2 Å². The SMILES string of the molecule is CC(=O)OCCCC=CCCCCCCC=CCCCOC(C)=O. The third kappa shape index (κ3) is 20.4. The van der Waals surface area contributed by atoms with Crippen LogP contribution >= 0.6 is 0 Å². The van der Waals surface area contributed by atoms with Crippen molar-refractivity contribution in [3.8, 4) is 0 Å². The van der Waals surface area contributed by atoms with Crippen molar-refractivity contribution in [1.82, 2.24) is 0 Å². The lowest BCUT2D eigenvalue weighted by molar-refractivity contribution is -0.142. The van der Waals surface area contributed by atoms with Gasteiger partial charge in [-0.25, -0.2) is 0 Å². The van der Waals surface area contributed by atoms with Crippen LogP contribution in [-0.2, 0) is 19.1 Å². The molecule has 4 heteroatoms. The van der Waals surface area contributed by atoms with Crippen molar-refractivity contribution in [2.24, 2.45) is 0 Å². The van der Waals surface area contributed by atoms with E-state index in [9.17, 15) is 9.59 Å². The Bertz CT molecular complexity index is 336. The van der Waals surface area contributed by atoms with Crippen molar-refractivity contribution >= 4 is 11.9 Å². The molecule has 0 bridgehead atoms. The number of ether oxygens (including phenoxy) is 2. The molecule has 0 heterocycles. The number of carbonyl (C=O) groups is 2. The molecule has 0 radical (unpaired) electrons. The molecule has 0 amide bonds. The summed E-state index contributed by atoms with van der Waals surface area (Å²) in [5.74, 6) is -0.397. The maximum absolute atomic E-state index is 10.6. The Morgan fingerprint density at radius 3 is 1.25 bits per heavy atom. The predicted octanol–water partition coefficient (Wildman–Crippen LogP) is 5.13. The van der Waals surface area contributed by atoms with E-state index in [1.165, 1.54) is 39.5 Å². The molecule has 0 aromatic carbocycles. The number of carbonyl (C=O) groups excluding carboxylic acids is 2. The fourth-order valence-electron chi connectivity index (χ4n) is 2.18. The van der Waals surface area contributed by atoms with E-state index in [0.29, 0.717) is 13.2 Å². The molecule has 0 aliphatic heterocycles. The Hall–Kier alpha value is -1.58. The number of allylic oxidation sites excluding steroid dienone is 4. The van der Waals surface area contributed by atoms with Crippen molar-refractivity contribution < 1.29 is 19.1 Å². The van der Waals surface area contributed by atoms with Crippen LogP contribution in [0.1, 0.15) is 78.1 Å². The summed E-state index contributed by atoms with van der Waals surface area (Å²) in [6.45, 7) is 3.93. The van der Waals surface area contributed by atoms with Crippen molar-refractivity contribution in [3.05, 3.63) is 24.3 Å². The molecule has 0 aromatic heterocycles. The minimum Gasteiger partial charge on any atom is -0.466 e. The second-order valence-electron chi connectivity index (χ2n) is 5.90. The average Bonchev–Trinajstić information content (AvgIpc) is 2.53. The van der Waals surface area contributed by atoms with Crippen LogP contribution < -0.4 is 0 Å². The van der Waals surface area contributed by atoms with Crippen LogP contribution in [0.5, 0.6) is 0 Å². The molecule has 0 rings (SSSR count). The molecule has 0 atom stereocenters. The molecule has 0 aromatic rings. The lowest BCUT2D eigenvalue weighted by Crippen LogP contribution is -1.99. The Morgan fingerprint density at radius 1 is 0.583 bits per heavy atom. The molecule has 0 unspecified atom stereocenters. The molecule has 0 aliphatic rings. The summed E-state index contributed by atoms with van der Waals surface area (Å²) in [5.41, 5.74) is 0. The lowest BCUT2D eigenvalue weighted by atomic mass is 10.1. The highest BCUT2D eigenvalue weighted by Gasteiger charge is 1.92. The van der Waals surface area contributed by atoms with Gasteiger partial charge in [-0.2, -0.15) is 0 Å². The molecule has 0 aliphatic carbocycles. The minimum atomic E-state index is -0.198. The van der Waals surface area contributed by atoms with E-state index >= 15 is 0 Å². The molecular formula is C20H34O4. The van der Waals surface area contributed by atoms with Crippen LogP contribution in [0.3, 0.4) is 0 Å². The average molecular weight is 338 g/mol. The Kier molecular flexibility index (Phi) is 16.6. The lowest BCUT2D eigenvalue weighted by Gasteiger charge is -1.99. The van der Waals surface area contributed by atoms with Crippen LogP contribution in [0.2, 0.25) is 0 Å². The Labute approximate surface area is 147 Å². The van der Waals surface area contributed by atoms with E-state index in [1.54, 1.807) is 0 Å². The van der Waals surface area contributed by atoms with Gasteiger partial charge in [0.25, 0.3) is 0 Å².